The van der Waals surface area contributed by atoms with E-state index in [0.29, 0.717) is 24.2 Å². The first-order valence-electron chi connectivity index (χ1n) is 6.70. The number of aromatic nitrogens is 1. The van der Waals surface area contributed by atoms with Gasteiger partial charge < -0.3 is 4.52 Å². The lowest BCUT2D eigenvalue weighted by molar-refractivity contribution is 0.0911. The summed E-state index contributed by atoms with van der Waals surface area (Å²) in [5.41, 5.74) is 2.23. The summed E-state index contributed by atoms with van der Waals surface area (Å²) >= 11 is 0. The predicted molar refractivity (Wildman–Crippen MR) is 72.1 cm³/mol. The van der Waals surface area contributed by atoms with Gasteiger partial charge in [-0.3, -0.25) is 4.79 Å². The first-order chi connectivity index (χ1) is 9.44. The summed E-state index contributed by atoms with van der Waals surface area (Å²) in [6.45, 7) is 4.12. The standard InChI is InChI=1S/C16H16FNO2/c1-16(2)8-12-15(13(19)9-16)14(20-18-12)7-10-3-5-11(17)6-4-10/h3-6H,7-9H2,1-2H3. The van der Waals surface area contributed by atoms with Gasteiger partial charge in [0.1, 0.15) is 5.82 Å². The fourth-order valence-corrected chi connectivity index (χ4v) is 2.75. The summed E-state index contributed by atoms with van der Waals surface area (Å²) in [5.74, 6) is 0.410. The Bertz CT molecular complexity index is 656. The summed E-state index contributed by atoms with van der Waals surface area (Å²) in [5, 5.41) is 4.05. The van der Waals surface area contributed by atoms with Gasteiger partial charge in [-0.05, 0) is 29.5 Å². The van der Waals surface area contributed by atoms with Gasteiger partial charge in [-0.1, -0.05) is 31.1 Å². The second-order valence-corrected chi connectivity index (χ2v) is 6.17. The van der Waals surface area contributed by atoms with Crippen LogP contribution in [0, 0.1) is 11.2 Å². The van der Waals surface area contributed by atoms with Gasteiger partial charge in [0.05, 0.1) is 11.3 Å². The van der Waals surface area contributed by atoms with Crippen LogP contribution in [-0.2, 0) is 12.8 Å². The van der Waals surface area contributed by atoms with E-state index in [0.717, 1.165) is 17.7 Å². The van der Waals surface area contributed by atoms with Gasteiger partial charge in [0.2, 0.25) is 0 Å². The van der Waals surface area contributed by atoms with Crippen LogP contribution in [-0.4, -0.2) is 10.9 Å². The SMILES string of the molecule is CC1(C)CC(=O)c2c(noc2Cc2ccc(F)cc2)C1. The lowest BCUT2D eigenvalue weighted by Crippen LogP contribution is -2.27. The van der Waals surface area contributed by atoms with Crippen LogP contribution in [0.2, 0.25) is 0 Å². The molecule has 3 nitrogen and oxygen atoms in total. The third-order valence-corrected chi connectivity index (χ3v) is 3.68. The summed E-state index contributed by atoms with van der Waals surface area (Å²) in [6.07, 6.45) is 1.73. The smallest absolute Gasteiger partial charge is 0.168 e. The Balaban J connectivity index is 1.92. The van der Waals surface area contributed by atoms with Crippen molar-refractivity contribution in [3.05, 3.63) is 52.7 Å². The van der Waals surface area contributed by atoms with Crippen molar-refractivity contribution >= 4 is 5.78 Å². The maximum Gasteiger partial charge on any atom is 0.168 e. The van der Waals surface area contributed by atoms with Crippen LogP contribution in [0.25, 0.3) is 0 Å². The Morgan fingerprint density at radius 1 is 1.25 bits per heavy atom. The second kappa shape index (κ2) is 4.54. The molecular weight excluding hydrogens is 257 g/mol. The number of ketones is 1. The molecule has 0 atom stereocenters. The Labute approximate surface area is 116 Å². The van der Waals surface area contributed by atoms with E-state index in [1.54, 1.807) is 12.1 Å². The fourth-order valence-electron chi connectivity index (χ4n) is 2.75. The molecule has 0 radical (unpaired) electrons. The van der Waals surface area contributed by atoms with Gasteiger partial charge in [-0.25, -0.2) is 4.39 Å². The average molecular weight is 273 g/mol. The highest BCUT2D eigenvalue weighted by atomic mass is 19.1. The zero-order valence-electron chi connectivity index (χ0n) is 11.6. The monoisotopic (exact) mass is 273 g/mol. The zero-order valence-corrected chi connectivity index (χ0v) is 11.6. The van der Waals surface area contributed by atoms with Gasteiger partial charge in [-0.15, -0.1) is 0 Å². The Morgan fingerprint density at radius 3 is 2.65 bits per heavy atom. The van der Waals surface area contributed by atoms with E-state index >= 15 is 0 Å². The van der Waals surface area contributed by atoms with Crippen LogP contribution in [0.1, 0.15) is 47.6 Å². The summed E-state index contributed by atoms with van der Waals surface area (Å²) < 4.78 is 18.2. The Morgan fingerprint density at radius 2 is 1.95 bits per heavy atom. The van der Waals surface area contributed by atoms with Crippen molar-refractivity contribution in [2.45, 2.75) is 33.1 Å². The van der Waals surface area contributed by atoms with Gasteiger partial charge >= 0.3 is 0 Å². The van der Waals surface area contributed by atoms with E-state index in [9.17, 15) is 9.18 Å². The molecule has 1 aromatic heterocycles. The highest BCUT2D eigenvalue weighted by Gasteiger charge is 2.35. The number of carbonyl (C=O) groups excluding carboxylic acids is 1. The van der Waals surface area contributed by atoms with E-state index in [-0.39, 0.29) is 17.0 Å². The van der Waals surface area contributed by atoms with Crippen molar-refractivity contribution in [3.63, 3.8) is 0 Å². The van der Waals surface area contributed by atoms with E-state index in [1.165, 1.54) is 12.1 Å². The number of Topliss-reactive ketones (excluding diaryl/α,β-unsaturated/α-hetero) is 1. The number of benzene rings is 1. The number of rotatable bonds is 2. The van der Waals surface area contributed by atoms with Gasteiger partial charge in [0.15, 0.2) is 11.5 Å². The van der Waals surface area contributed by atoms with Crippen LogP contribution < -0.4 is 0 Å². The van der Waals surface area contributed by atoms with Crippen LogP contribution in [0.3, 0.4) is 0 Å². The molecule has 0 N–H and O–H groups in total. The number of hydrogen-bond donors (Lipinski definition) is 0. The highest BCUT2D eigenvalue weighted by molar-refractivity contribution is 5.99. The van der Waals surface area contributed by atoms with Crippen molar-refractivity contribution in [1.29, 1.82) is 0 Å². The molecule has 0 aliphatic heterocycles. The number of carbonyl (C=O) groups is 1. The number of hydrogen-bond acceptors (Lipinski definition) is 3. The van der Waals surface area contributed by atoms with Crippen molar-refractivity contribution in [3.8, 4) is 0 Å². The van der Waals surface area contributed by atoms with Crippen molar-refractivity contribution in [1.82, 2.24) is 5.16 Å². The van der Waals surface area contributed by atoms with E-state index in [2.05, 4.69) is 19.0 Å². The summed E-state index contributed by atoms with van der Waals surface area (Å²) in [4.78, 5) is 12.3. The fraction of sp³-hybridized carbons (Fsp3) is 0.375. The minimum absolute atomic E-state index is 0.0614. The average Bonchev–Trinajstić information content (AvgIpc) is 2.73. The first-order valence-corrected chi connectivity index (χ1v) is 6.70. The zero-order chi connectivity index (χ0) is 14.3. The first kappa shape index (κ1) is 13.0. The quantitative estimate of drug-likeness (QED) is 0.840. The van der Waals surface area contributed by atoms with Crippen molar-refractivity contribution in [2.24, 2.45) is 5.41 Å². The molecule has 20 heavy (non-hydrogen) atoms. The molecule has 4 heteroatoms. The summed E-state index contributed by atoms with van der Waals surface area (Å²) in [7, 11) is 0. The normalized spacial score (nSPS) is 17.1. The maximum atomic E-state index is 12.9. The lowest BCUT2D eigenvalue weighted by Gasteiger charge is -2.26. The molecule has 1 aliphatic rings. The predicted octanol–water partition coefficient (Wildman–Crippen LogP) is 3.56. The minimum Gasteiger partial charge on any atom is -0.360 e. The Hall–Kier alpha value is -1.97. The molecule has 0 spiro atoms. The molecule has 0 fully saturated rings. The van der Waals surface area contributed by atoms with E-state index < -0.39 is 0 Å². The largest absolute Gasteiger partial charge is 0.360 e. The minimum atomic E-state index is -0.272. The van der Waals surface area contributed by atoms with Crippen LogP contribution in [0.5, 0.6) is 0 Å². The third kappa shape index (κ3) is 2.38. The van der Waals surface area contributed by atoms with Gasteiger partial charge in [0.25, 0.3) is 0 Å². The number of halogens is 1. The molecule has 0 saturated heterocycles. The summed E-state index contributed by atoms with van der Waals surface area (Å²) in [6, 6.07) is 6.20. The second-order valence-electron chi connectivity index (χ2n) is 6.17. The molecule has 3 rings (SSSR count). The highest BCUT2D eigenvalue weighted by Crippen LogP contribution is 2.36. The molecule has 1 heterocycles. The number of fused-ring (bicyclic) bond motifs is 1. The number of nitrogens with zero attached hydrogens (tertiary/aromatic N) is 1. The molecule has 2 aromatic rings. The lowest BCUT2D eigenvalue weighted by atomic mass is 9.75. The van der Waals surface area contributed by atoms with Gasteiger partial charge in [0, 0.05) is 12.8 Å². The molecule has 0 saturated carbocycles. The van der Waals surface area contributed by atoms with E-state index in [4.69, 9.17) is 4.52 Å². The van der Waals surface area contributed by atoms with Crippen LogP contribution in [0.15, 0.2) is 28.8 Å². The molecule has 1 aliphatic carbocycles. The topological polar surface area (TPSA) is 43.1 Å². The van der Waals surface area contributed by atoms with Gasteiger partial charge in [-0.2, -0.15) is 0 Å². The van der Waals surface area contributed by atoms with Crippen LogP contribution >= 0.6 is 0 Å². The molecule has 0 unspecified atom stereocenters. The molecule has 104 valence electrons. The molecular formula is C16H16FNO2. The van der Waals surface area contributed by atoms with Crippen molar-refractivity contribution in [2.75, 3.05) is 0 Å². The Kier molecular flexibility index (Phi) is 2.96. The molecule has 1 aromatic carbocycles. The third-order valence-electron chi connectivity index (χ3n) is 3.68. The van der Waals surface area contributed by atoms with Crippen LogP contribution in [0.4, 0.5) is 4.39 Å². The molecule has 0 amide bonds. The van der Waals surface area contributed by atoms with Crippen molar-refractivity contribution < 1.29 is 13.7 Å². The maximum absolute atomic E-state index is 12.9. The molecule has 0 bridgehead atoms. The van der Waals surface area contributed by atoms with E-state index in [1.807, 2.05) is 0 Å².